The second-order valence-corrected chi connectivity index (χ2v) is 4.46. The Kier molecular flexibility index (Phi) is 4.97. The van der Waals surface area contributed by atoms with Gasteiger partial charge in [-0.3, -0.25) is 9.69 Å². The van der Waals surface area contributed by atoms with Crippen LogP contribution in [0.5, 0.6) is 0 Å². The molecule has 0 aliphatic heterocycles. The van der Waals surface area contributed by atoms with Gasteiger partial charge in [-0.2, -0.15) is 0 Å². The van der Waals surface area contributed by atoms with Crippen LogP contribution >= 0.6 is 0 Å². The minimum absolute atomic E-state index is 0.0551. The topological polar surface area (TPSA) is 45.5 Å². The fourth-order valence-corrected chi connectivity index (χ4v) is 1.53. The number of hydrogen-bond acceptors (Lipinski definition) is 3. The lowest BCUT2D eigenvalue weighted by Crippen LogP contribution is -2.33. The summed E-state index contributed by atoms with van der Waals surface area (Å²) < 4.78 is 5.36. The zero-order valence-electron chi connectivity index (χ0n) is 10.9. The van der Waals surface area contributed by atoms with Crippen LogP contribution < -0.4 is 5.32 Å². The van der Waals surface area contributed by atoms with Gasteiger partial charge in [-0.1, -0.05) is 5.57 Å². The molecule has 0 saturated heterocycles. The van der Waals surface area contributed by atoms with E-state index in [-0.39, 0.29) is 11.9 Å². The molecule has 1 aromatic heterocycles. The van der Waals surface area contributed by atoms with Crippen LogP contribution in [0.15, 0.2) is 34.5 Å². The summed E-state index contributed by atoms with van der Waals surface area (Å²) in [7, 11) is 3.92. The maximum absolute atomic E-state index is 11.5. The van der Waals surface area contributed by atoms with Crippen molar-refractivity contribution in [3.63, 3.8) is 0 Å². The Bertz CT molecular complexity index is 376. The van der Waals surface area contributed by atoms with Crippen molar-refractivity contribution in [1.82, 2.24) is 10.2 Å². The lowest BCUT2D eigenvalue weighted by Gasteiger charge is -2.22. The number of rotatable bonds is 5. The van der Waals surface area contributed by atoms with Crippen LogP contribution in [0.2, 0.25) is 0 Å². The van der Waals surface area contributed by atoms with Crippen molar-refractivity contribution in [1.29, 1.82) is 0 Å². The van der Waals surface area contributed by atoms with E-state index in [0.717, 1.165) is 11.3 Å². The molecule has 4 nitrogen and oxygen atoms in total. The van der Waals surface area contributed by atoms with Gasteiger partial charge in [0.2, 0.25) is 5.91 Å². The summed E-state index contributed by atoms with van der Waals surface area (Å²) in [5.41, 5.74) is 0.988. The number of nitrogens with zero attached hydrogens (tertiary/aromatic N) is 1. The monoisotopic (exact) mass is 236 g/mol. The van der Waals surface area contributed by atoms with Gasteiger partial charge in [0.05, 0.1) is 12.3 Å². The SMILES string of the molecule is CC(C)=CC(=O)NCC(c1ccco1)N(C)C. The molecule has 4 heteroatoms. The summed E-state index contributed by atoms with van der Waals surface area (Å²) in [6.45, 7) is 4.33. The van der Waals surface area contributed by atoms with Crippen molar-refractivity contribution in [2.45, 2.75) is 19.9 Å². The Morgan fingerprint density at radius 2 is 2.24 bits per heavy atom. The Balaban J connectivity index is 2.58. The van der Waals surface area contributed by atoms with E-state index < -0.39 is 0 Å². The normalized spacial score (nSPS) is 12.3. The molecule has 0 aliphatic rings. The number of nitrogens with one attached hydrogen (secondary N) is 1. The molecule has 1 heterocycles. The molecule has 1 aromatic rings. The molecule has 1 atom stereocenters. The van der Waals surface area contributed by atoms with Crippen LogP contribution in [-0.4, -0.2) is 31.4 Å². The summed E-state index contributed by atoms with van der Waals surface area (Å²) in [6, 6.07) is 3.82. The molecule has 0 aliphatic carbocycles. The van der Waals surface area contributed by atoms with Crippen LogP contribution in [0.1, 0.15) is 25.6 Å². The van der Waals surface area contributed by atoms with Crippen molar-refractivity contribution >= 4 is 5.91 Å². The smallest absolute Gasteiger partial charge is 0.243 e. The first kappa shape index (κ1) is 13.5. The van der Waals surface area contributed by atoms with E-state index in [4.69, 9.17) is 4.42 Å². The third-order valence-electron chi connectivity index (χ3n) is 2.38. The van der Waals surface area contributed by atoms with Crippen LogP contribution in [-0.2, 0) is 4.79 Å². The van der Waals surface area contributed by atoms with Gasteiger partial charge < -0.3 is 9.73 Å². The quantitative estimate of drug-likeness (QED) is 0.795. The van der Waals surface area contributed by atoms with Gasteiger partial charge in [0.25, 0.3) is 0 Å². The molecule has 1 unspecified atom stereocenters. The second-order valence-electron chi connectivity index (χ2n) is 4.46. The third kappa shape index (κ3) is 4.44. The Hall–Kier alpha value is -1.55. The second kappa shape index (κ2) is 6.25. The van der Waals surface area contributed by atoms with Crippen molar-refractivity contribution in [2.75, 3.05) is 20.6 Å². The molecule has 0 radical (unpaired) electrons. The summed E-state index contributed by atoms with van der Waals surface area (Å²) in [6.07, 6.45) is 3.23. The Labute approximate surface area is 102 Å². The molecule has 1 rings (SSSR count). The number of carbonyl (C=O) groups excluding carboxylic acids is 1. The first-order valence-electron chi connectivity index (χ1n) is 5.63. The van der Waals surface area contributed by atoms with Crippen molar-refractivity contribution < 1.29 is 9.21 Å². The number of allylic oxidation sites excluding steroid dienone is 1. The van der Waals surface area contributed by atoms with E-state index in [9.17, 15) is 4.79 Å². The Morgan fingerprint density at radius 1 is 1.53 bits per heavy atom. The summed E-state index contributed by atoms with van der Waals surface area (Å²) >= 11 is 0. The van der Waals surface area contributed by atoms with E-state index in [0.29, 0.717) is 6.54 Å². The van der Waals surface area contributed by atoms with E-state index in [2.05, 4.69) is 5.32 Å². The average molecular weight is 236 g/mol. The maximum atomic E-state index is 11.5. The molecular weight excluding hydrogens is 216 g/mol. The highest BCUT2D eigenvalue weighted by molar-refractivity contribution is 5.88. The number of hydrogen-bond donors (Lipinski definition) is 1. The largest absolute Gasteiger partial charge is 0.468 e. The first-order valence-corrected chi connectivity index (χ1v) is 5.63. The highest BCUT2D eigenvalue weighted by Gasteiger charge is 2.17. The molecule has 1 N–H and O–H groups in total. The Morgan fingerprint density at radius 3 is 2.71 bits per heavy atom. The van der Waals surface area contributed by atoms with Crippen LogP contribution in [0.4, 0.5) is 0 Å². The van der Waals surface area contributed by atoms with Gasteiger partial charge in [-0.05, 0) is 40.1 Å². The number of likely N-dealkylation sites (N-methyl/N-ethyl adjacent to an activating group) is 1. The summed E-state index contributed by atoms with van der Waals surface area (Å²) in [5, 5.41) is 2.87. The number of carbonyl (C=O) groups is 1. The van der Waals surface area contributed by atoms with Gasteiger partial charge in [-0.25, -0.2) is 0 Å². The van der Waals surface area contributed by atoms with Gasteiger partial charge in [-0.15, -0.1) is 0 Å². The highest BCUT2D eigenvalue weighted by atomic mass is 16.3. The lowest BCUT2D eigenvalue weighted by atomic mass is 10.2. The lowest BCUT2D eigenvalue weighted by molar-refractivity contribution is -0.116. The van der Waals surface area contributed by atoms with Crippen LogP contribution in [0.3, 0.4) is 0 Å². The van der Waals surface area contributed by atoms with Crippen molar-refractivity contribution in [3.05, 3.63) is 35.8 Å². The maximum Gasteiger partial charge on any atom is 0.243 e. The molecule has 0 spiro atoms. The molecule has 17 heavy (non-hydrogen) atoms. The van der Waals surface area contributed by atoms with Gasteiger partial charge in [0.1, 0.15) is 5.76 Å². The third-order valence-corrected chi connectivity index (χ3v) is 2.38. The van der Waals surface area contributed by atoms with Crippen LogP contribution in [0.25, 0.3) is 0 Å². The predicted octanol–water partition coefficient (Wildman–Crippen LogP) is 1.96. The molecule has 0 fully saturated rings. The van der Waals surface area contributed by atoms with Crippen molar-refractivity contribution in [3.8, 4) is 0 Å². The van der Waals surface area contributed by atoms with Gasteiger partial charge in [0, 0.05) is 12.6 Å². The zero-order valence-corrected chi connectivity index (χ0v) is 10.9. The molecular formula is C13H20N2O2. The predicted molar refractivity (Wildman–Crippen MR) is 67.6 cm³/mol. The number of amides is 1. The standard InChI is InChI=1S/C13H20N2O2/c1-10(2)8-13(16)14-9-11(15(3)4)12-6-5-7-17-12/h5-8,11H,9H2,1-4H3,(H,14,16). The first-order chi connectivity index (χ1) is 8.00. The fraction of sp³-hybridized carbons (Fsp3) is 0.462. The van der Waals surface area contributed by atoms with E-state index in [1.807, 2.05) is 45.0 Å². The minimum Gasteiger partial charge on any atom is -0.468 e. The van der Waals surface area contributed by atoms with Gasteiger partial charge >= 0.3 is 0 Å². The van der Waals surface area contributed by atoms with Gasteiger partial charge in [0.15, 0.2) is 0 Å². The van der Waals surface area contributed by atoms with E-state index >= 15 is 0 Å². The van der Waals surface area contributed by atoms with Crippen molar-refractivity contribution in [2.24, 2.45) is 0 Å². The average Bonchev–Trinajstić information content (AvgIpc) is 2.69. The van der Waals surface area contributed by atoms with Crippen LogP contribution in [0, 0.1) is 0 Å². The van der Waals surface area contributed by atoms with E-state index in [1.165, 1.54) is 0 Å². The molecule has 0 aromatic carbocycles. The molecule has 0 saturated carbocycles. The zero-order chi connectivity index (χ0) is 12.8. The minimum atomic E-state index is -0.0663. The molecule has 94 valence electrons. The molecule has 1 amide bonds. The fourth-order valence-electron chi connectivity index (χ4n) is 1.53. The van der Waals surface area contributed by atoms with E-state index in [1.54, 1.807) is 12.3 Å². The summed E-state index contributed by atoms with van der Waals surface area (Å²) in [4.78, 5) is 13.5. The molecule has 0 bridgehead atoms. The highest BCUT2D eigenvalue weighted by Crippen LogP contribution is 2.17. The number of furan rings is 1. The summed E-state index contributed by atoms with van der Waals surface area (Å²) in [5.74, 6) is 0.788.